The summed E-state index contributed by atoms with van der Waals surface area (Å²) in [7, 11) is 0. The van der Waals surface area contributed by atoms with E-state index in [2.05, 4.69) is 5.32 Å². The van der Waals surface area contributed by atoms with Gasteiger partial charge in [-0.15, -0.1) is 0 Å². The van der Waals surface area contributed by atoms with Crippen molar-refractivity contribution in [2.45, 2.75) is 31.8 Å². The Morgan fingerprint density at radius 1 is 1.29 bits per heavy atom. The Bertz CT molecular complexity index is 345. The molecule has 3 N–H and O–H groups in total. The molecule has 0 bridgehead atoms. The van der Waals surface area contributed by atoms with E-state index in [0.717, 1.165) is 0 Å². The molecule has 0 spiro atoms. The smallest absolute Gasteiger partial charge is 0.127 e. The SMILES string of the molecule is CCC(CO)(CO)NC(C)c1ccccc1F. The van der Waals surface area contributed by atoms with Gasteiger partial charge in [-0.3, -0.25) is 0 Å². The summed E-state index contributed by atoms with van der Waals surface area (Å²) in [4.78, 5) is 0. The minimum absolute atomic E-state index is 0.182. The number of rotatable bonds is 6. The highest BCUT2D eigenvalue weighted by Crippen LogP contribution is 2.20. The summed E-state index contributed by atoms with van der Waals surface area (Å²) < 4.78 is 13.6. The molecular formula is C13H20FNO2. The van der Waals surface area contributed by atoms with Gasteiger partial charge in [0.2, 0.25) is 0 Å². The predicted octanol–water partition coefficient (Wildman–Crippen LogP) is 1.61. The van der Waals surface area contributed by atoms with Gasteiger partial charge in [0.05, 0.1) is 18.8 Å². The van der Waals surface area contributed by atoms with Crippen LogP contribution in [0, 0.1) is 5.82 Å². The van der Waals surface area contributed by atoms with Gasteiger partial charge in [0, 0.05) is 11.6 Å². The van der Waals surface area contributed by atoms with E-state index < -0.39 is 5.54 Å². The second-order valence-electron chi connectivity index (χ2n) is 4.34. The highest BCUT2D eigenvalue weighted by Gasteiger charge is 2.28. The number of aliphatic hydroxyl groups excluding tert-OH is 2. The molecule has 0 heterocycles. The summed E-state index contributed by atoms with van der Waals surface area (Å²) >= 11 is 0. The fourth-order valence-corrected chi connectivity index (χ4v) is 1.83. The molecule has 0 aromatic heterocycles. The molecule has 3 nitrogen and oxygen atoms in total. The van der Waals surface area contributed by atoms with E-state index in [4.69, 9.17) is 0 Å². The molecule has 1 aromatic carbocycles. The van der Waals surface area contributed by atoms with Gasteiger partial charge in [-0.25, -0.2) is 4.39 Å². The van der Waals surface area contributed by atoms with Gasteiger partial charge in [0.1, 0.15) is 5.82 Å². The van der Waals surface area contributed by atoms with Gasteiger partial charge in [0.25, 0.3) is 0 Å². The second-order valence-corrected chi connectivity index (χ2v) is 4.34. The predicted molar refractivity (Wildman–Crippen MR) is 65.1 cm³/mol. The van der Waals surface area contributed by atoms with Crippen LogP contribution < -0.4 is 5.32 Å². The standard InChI is InChI=1S/C13H20FNO2/c1-3-13(8-16,9-17)15-10(2)11-6-4-5-7-12(11)14/h4-7,10,15-17H,3,8-9H2,1-2H3. The van der Waals surface area contributed by atoms with Crippen LogP contribution in [-0.2, 0) is 0 Å². The molecule has 0 fully saturated rings. The van der Waals surface area contributed by atoms with E-state index >= 15 is 0 Å². The van der Waals surface area contributed by atoms with Gasteiger partial charge in [-0.1, -0.05) is 25.1 Å². The average molecular weight is 241 g/mol. The third kappa shape index (κ3) is 3.25. The van der Waals surface area contributed by atoms with Crippen molar-refractivity contribution in [3.8, 4) is 0 Å². The van der Waals surface area contributed by atoms with Crippen molar-refractivity contribution in [2.75, 3.05) is 13.2 Å². The Labute approximate surface area is 101 Å². The zero-order valence-corrected chi connectivity index (χ0v) is 10.3. The van der Waals surface area contributed by atoms with E-state index in [1.54, 1.807) is 18.2 Å². The lowest BCUT2D eigenvalue weighted by atomic mass is 9.95. The molecule has 1 unspecified atom stereocenters. The number of hydrogen-bond acceptors (Lipinski definition) is 3. The van der Waals surface area contributed by atoms with E-state index in [-0.39, 0.29) is 25.1 Å². The second kappa shape index (κ2) is 6.10. The van der Waals surface area contributed by atoms with E-state index in [1.807, 2.05) is 13.8 Å². The largest absolute Gasteiger partial charge is 0.394 e. The molecule has 1 aromatic rings. The lowest BCUT2D eigenvalue weighted by Gasteiger charge is -2.33. The zero-order valence-electron chi connectivity index (χ0n) is 10.3. The molecule has 0 saturated heterocycles. The molecule has 0 radical (unpaired) electrons. The molecule has 0 saturated carbocycles. The van der Waals surface area contributed by atoms with Gasteiger partial charge < -0.3 is 15.5 Å². The van der Waals surface area contributed by atoms with Crippen LogP contribution in [0.15, 0.2) is 24.3 Å². The monoisotopic (exact) mass is 241 g/mol. The maximum Gasteiger partial charge on any atom is 0.127 e. The van der Waals surface area contributed by atoms with Crippen LogP contribution in [0.1, 0.15) is 31.9 Å². The van der Waals surface area contributed by atoms with Crippen LogP contribution in [0.3, 0.4) is 0 Å². The van der Waals surface area contributed by atoms with Gasteiger partial charge >= 0.3 is 0 Å². The lowest BCUT2D eigenvalue weighted by molar-refractivity contribution is 0.0789. The van der Waals surface area contributed by atoms with Gasteiger partial charge in [-0.05, 0) is 19.4 Å². The maximum atomic E-state index is 13.6. The molecule has 17 heavy (non-hydrogen) atoms. The first kappa shape index (κ1) is 14.1. The maximum absolute atomic E-state index is 13.6. The number of nitrogens with one attached hydrogen (secondary N) is 1. The number of aliphatic hydroxyl groups is 2. The van der Waals surface area contributed by atoms with Crippen molar-refractivity contribution in [1.29, 1.82) is 0 Å². The molecule has 0 aliphatic heterocycles. The summed E-state index contributed by atoms with van der Waals surface area (Å²) in [5.74, 6) is -0.284. The van der Waals surface area contributed by atoms with Crippen molar-refractivity contribution in [1.82, 2.24) is 5.32 Å². The van der Waals surface area contributed by atoms with Gasteiger partial charge in [0.15, 0.2) is 0 Å². The van der Waals surface area contributed by atoms with E-state index in [9.17, 15) is 14.6 Å². The normalized spacial score (nSPS) is 13.7. The minimum atomic E-state index is -0.762. The molecule has 1 atom stereocenters. The topological polar surface area (TPSA) is 52.5 Å². The molecular weight excluding hydrogens is 221 g/mol. The summed E-state index contributed by atoms with van der Waals surface area (Å²) in [6.45, 7) is 3.32. The van der Waals surface area contributed by atoms with Crippen molar-refractivity contribution in [3.05, 3.63) is 35.6 Å². The summed E-state index contributed by atoms with van der Waals surface area (Å²) in [5, 5.41) is 21.7. The van der Waals surface area contributed by atoms with Gasteiger partial charge in [-0.2, -0.15) is 0 Å². The highest BCUT2D eigenvalue weighted by atomic mass is 19.1. The van der Waals surface area contributed by atoms with Crippen LogP contribution in [0.25, 0.3) is 0 Å². The van der Waals surface area contributed by atoms with Crippen LogP contribution in [0.4, 0.5) is 4.39 Å². The molecule has 1 rings (SSSR count). The first-order valence-electron chi connectivity index (χ1n) is 5.82. The summed E-state index contributed by atoms with van der Waals surface area (Å²) in [5.41, 5.74) is -0.228. The van der Waals surface area contributed by atoms with Crippen molar-refractivity contribution >= 4 is 0 Å². The molecule has 0 amide bonds. The van der Waals surface area contributed by atoms with Crippen molar-refractivity contribution in [2.24, 2.45) is 0 Å². The van der Waals surface area contributed by atoms with Crippen LogP contribution in [-0.4, -0.2) is 29.0 Å². The van der Waals surface area contributed by atoms with Crippen LogP contribution in [0.5, 0.6) is 0 Å². The van der Waals surface area contributed by atoms with Crippen molar-refractivity contribution in [3.63, 3.8) is 0 Å². The molecule has 0 aliphatic carbocycles. The Kier molecular flexibility index (Phi) is 5.05. The fourth-order valence-electron chi connectivity index (χ4n) is 1.83. The lowest BCUT2D eigenvalue weighted by Crippen LogP contribution is -2.52. The fraction of sp³-hybridized carbons (Fsp3) is 0.538. The number of halogens is 1. The first-order chi connectivity index (χ1) is 8.08. The summed E-state index contributed by atoms with van der Waals surface area (Å²) in [6, 6.07) is 6.23. The van der Waals surface area contributed by atoms with Crippen molar-refractivity contribution < 1.29 is 14.6 Å². The van der Waals surface area contributed by atoms with E-state index in [0.29, 0.717) is 12.0 Å². The minimum Gasteiger partial charge on any atom is -0.394 e. The molecule has 96 valence electrons. The summed E-state index contributed by atoms with van der Waals surface area (Å²) in [6.07, 6.45) is 0.568. The molecule has 4 heteroatoms. The molecule has 0 aliphatic rings. The Balaban J connectivity index is 2.84. The Morgan fingerprint density at radius 3 is 2.35 bits per heavy atom. The quantitative estimate of drug-likeness (QED) is 0.709. The first-order valence-corrected chi connectivity index (χ1v) is 5.82. The third-order valence-corrected chi connectivity index (χ3v) is 3.18. The number of hydrogen-bond donors (Lipinski definition) is 3. The third-order valence-electron chi connectivity index (χ3n) is 3.18. The van der Waals surface area contributed by atoms with E-state index in [1.165, 1.54) is 6.07 Å². The number of benzene rings is 1. The zero-order chi connectivity index (χ0) is 12.9. The average Bonchev–Trinajstić information content (AvgIpc) is 2.36. The Hall–Kier alpha value is -0.970. The van der Waals surface area contributed by atoms with Crippen LogP contribution >= 0.6 is 0 Å². The Morgan fingerprint density at radius 2 is 1.88 bits per heavy atom. The highest BCUT2D eigenvalue weighted by molar-refractivity contribution is 5.21. The van der Waals surface area contributed by atoms with Crippen LogP contribution in [0.2, 0.25) is 0 Å².